The number of hydrogen-bond acceptors (Lipinski definition) is 5. The van der Waals surface area contributed by atoms with E-state index in [1.807, 2.05) is 26.0 Å². The van der Waals surface area contributed by atoms with E-state index in [4.69, 9.17) is 0 Å². The largest absolute Gasteiger partial charge is 0.294 e. The van der Waals surface area contributed by atoms with Gasteiger partial charge in [0.25, 0.3) is 0 Å². The predicted octanol–water partition coefficient (Wildman–Crippen LogP) is 4.04. The zero-order chi connectivity index (χ0) is 19.7. The number of fused-ring (bicyclic) bond motifs is 1. The summed E-state index contributed by atoms with van der Waals surface area (Å²) < 4.78 is 1.70. The van der Waals surface area contributed by atoms with Gasteiger partial charge in [-0.25, -0.2) is 9.69 Å². The van der Waals surface area contributed by atoms with Gasteiger partial charge in [-0.15, -0.1) is 10.2 Å². The van der Waals surface area contributed by atoms with Crippen LogP contribution in [0.1, 0.15) is 63.4 Å². The highest BCUT2D eigenvalue weighted by molar-refractivity contribution is 8.04. The Morgan fingerprint density at radius 2 is 1.74 bits per heavy atom. The number of nitrogens with zero attached hydrogens (tertiary/aromatic N) is 4. The Kier molecular flexibility index (Phi) is 5.51. The topological polar surface area (TPSA) is 68.1 Å². The van der Waals surface area contributed by atoms with Gasteiger partial charge in [0.1, 0.15) is 0 Å². The van der Waals surface area contributed by atoms with E-state index in [9.17, 15) is 9.59 Å². The van der Waals surface area contributed by atoms with Crippen molar-refractivity contribution in [3.05, 3.63) is 46.1 Å². The normalized spacial score (nSPS) is 13.9. The molecule has 1 amide bonds. The number of allylic oxidation sites excluding steroid dienone is 1. The third-order valence-electron chi connectivity index (χ3n) is 4.55. The lowest BCUT2D eigenvalue weighted by Gasteiger charge is -2.32. The molecule has 0 N–H and O–H groups in total. The van der Waals surface area contributed by atoms with E-state index in [-0.39, 0.29) is 11.7 Å². The maximum atomic E-state index is 12.9. The van der Waals surface area contributed by atoms with E-state index >= 15 is 0 Å². The second-order valence-corrected chi connectivity index (χ2v) is 7.71. The average Bonchev–Trinajstić information content (AvgIpc) is 3.06. The lowest BCUT2D eigenvalue weighted by atomic mass is 10.00. The summed E-state index contributed by atoms with van der Waals surface area (Å²) in [7, 11) is 0. The SMILES string of the molecule is CCC(=O)C1=C(c2ccc(C(C)C)cc2)N(C(=O)CC)n2c(C)nnc2S1. The van der Waals surface area contributed by atoms with Crippen LogP contribution in [0.2, 0.25) is 0 Å². The van der Waals surface area contributed by atoms with Crippen LogP contribution in [-0.4, -0.2) is 26.6 Å². The van der Waals surface area contributed by atoms with Crippen molar-refractivity contribution >= 4 is 29.1 Å². The van der Waals surface area contributed by atoms with Crippen LogP contribution >= 0.6 is 11.8 Å². The molecule has 0 saturated heterocycles. The summed E-state index contributed by atoms with van der Waals surface area (Å²) in [4.78, 5) is 26.2. The monoisotopic (exact) mass is 384 g/mol. The summed E-state index contributed by atoms with van der Waals surface area (Å²) in [6.45, 7) is 9.71. The fourth-order valence-electron chi connectivity index (χ4n) is 2.98. The Balaban J connectivity index is 2.24. The molecule has 1 aliphatic heterocycles. The molecule has 2 aromatic rings. The first-order valence-corrected chi connectivity index (χ1v) is 10.0. The number of thioether (sulfide) groups is 1. The minimum atomic E-state index is -0.108. The first kappa shape index (κ1) is 19.4. The molecular weight excluding hydrogens is 360 g/mol. The van der Waals surface area contributed by atoms with Gasteiger partial charge in [-0.05, 0) is 30.2 Å². The standard InChI is InChI=1S/C20H24N4O2S/c1-6-16(25)19-18(15-10-8-14(9-11-15)12(3)4)24(17(26)7-2)23-13(5)21-22-20(23)27-19/h8-12H,6-7H2,1-5H3. The number of carbonyl (C=O) groups is 2. The lowest BCUT2D eigenvalue weighted by Crippen LogP contribution is -2.42. The number of benzene rings is 1. The van der Waals surface area contributed by atoms with E-state index in [2.05, 4.69) is 36.2 Å². The van der Waals surface area contributed by atoms with Crippen molar-refractivity contribution in [2.45, 2.75) is 58.5 Å². The molecule has 0 saturated carbocycles. The summed E-state index contributed by atoms with van der Waals surface area (Å²) in [5.74, 6) is 0.900. The number of ketones is 1. The zero-order valence-electron chi connectivity index (χ0n) is 16.3. The Hall–Kier alpha value is -2.41. The van der Waals surface area contributed by atoms with Crippen molar-refractivity contribution in [1.29, 1.82) is 0 Å². The van der Waals surface area contributed by atoms with E-state index in [0.717, 1.165) is 5.56 Å². The highest BCUT2D eigenvalue weighted by atomic mass is 32.2. The van der Waals surface area contributed by atoms with Crippen LogP contribution in [0.15, 0.2) is 34.3 Å². The van der Waals surface area contributed by atoms with E-state index in [1.165, 1.54) is 17.3 Å². The maximum Gasteiger partial charge on any atom is 0.246 e. The summed E-state index contributed by atoms with van der Waals surface area (Å²) in [5.41, 5.74) is 2.66. The van der Waals surface area contributed by atoms with Crippen LogP contribution in [-0.2, 0) is 9.59 Å². The Morgan fingerprint density at radius 3 is 2.30 bits per heavy atom. The molecule has 142 valence electrons. The maximum absolute atomic E-state index is 12.9. The number of amides is 1. The Morgan fingerprint density at radius 1 is 1.07 bits per heavy atom. The molecule has 6 nitrogen and oxygen atoms in total. The second kappa shape index (κ2) is 7.68. The first-order valence-electron chi connectivity index (χ1n) is 9.19. The van der Waals surface area contributed by atoms with Crippen LogP contribution in [0, 0.1) is 6.92 Å². The van der Waals surface area contributed by atoms with Crippen molar-refractivity contribution in [2.75, 3.05) is 5.01 Å². The highest BCUT2D eigenvalue weighted by Gasteiger charge is 2.35. The van der Waals surface area contributed by atoms with Crippen molar-refractivity contribution in [3.63, 3.8) is 0 Å². The van der Waals surface area contributed by atoms with Gasteiger partial charge in [0.15, 0.2) is 11.6 Å². The smallest absolute Gasteiger partial charge is 0.246 e. The molecule has 0 unspecified atom stereocenters. The van der Waals surface area contributed by atoms with Crippen LogP contribution in [0.4, 0.5) is 0 Å². The number of aromatic nitrogens is 3. The fourth-order valence-corrected chi connectivity index (χ4v) is 4.11. The van der Waals surface area contributed by atoms with Crippen molar-refractivity contribution < 1.29 is 9.59 Å². The van der Waals surface area contributed by atoms with Crippen molar-refractivity contribution in [1.82, 2.24) is 14.9 Å². The number of hydrogen-bond donors (Lipinski definition) is 0. The number of rotatable bonds is 5. The molecule has 0 bridgehead atoms. The lowest BCUT2D eigenvalue weighted by molar-refractivity contribution is -0.119. The summed E-state index contributed by atoms with van der Waals surface area (Å²) in [6.07, 6.45) is 0.667. The van der Waals surface area contributed by atoms with Gasteiger partial charge >= 0.3 is 0 Å². The predicted molar refractivity (Wildman–Crippen MR) is 107 cm³/mol. The minimum absolute atomic E-state index is 0.0104. The van der Waals surface area contributed by atoms with Crippen LogP contribution < -0.4 is 5.01 Å². The molecule has 0 radical (unpaired) electrons. The third-order valence-corrected chi connectivity index (χ3v) is 5.61. The molecule has 0 fully saturated rings. The highest BCUT2D eigenvalue weighted by Crippen LogP contribution is 2.40. The van der Waals surface area contributed by atoms with Gasteiger partial charge in [0.05, 0.1) is 10.6 Å². The molecular formula is C20H24N4O2S. The Bertz CT molecular complexity index is 913. The number of Topliss-reactive ketones (excluding diaryl/α,β-unsaturated/α-hetero) is 1. The molecule has 0 spiro atoms. The van der Waals surface area contributed by atoms with Gasteiger partial charge in [-0.1, -0.05) is 52.0 Å². The first-order chi connectivity index (χ1) is 12.9. The van der Waals surface area contributed by atoms with Crippen molar-refractivity contribution in [2.24, 2.45) is 0 Å². The van der Waals surface area contributed by atoms with Gasteiger partial charge in [-0.2, -0.15) is 0 Å². The summed E-state index contributed by atoms with van der Waals surface area (Å²) >= 11 is 1.28. The number of aryl methyl sites for hydroxylation is 1. The van der Waals surface area contributed by atoms with Gasteiger partial charge in [0, 0.05) is 18.4 Å². The molecule has 1 aromatic carbocycles. The molecule has 2 heterocycles. The summed E-state index contributed by atoms with van der Waals surface area (Å²) in [5, 5.41) is 10.4. The quantitative estimate of drug-likeness (QED) is 0.778. The second-order valence-electron chi connectivity index (χ2n) is 6.73. The van der Waals surface area contributed by atoms with Crippen molar-refractivity contribution in [3.8, 4) is 0 Å². The van der Waals surface area contributed by atoms with Gasteiger partial charge in [0.2, 0.25) is 11.1 Å². The van der Waals surface area contributed by atoms with E-state index in [0.29, 0.717) is 40.3 Å². The van der Waals surface area contributed by atoms with Crippen LogP contribution in [0.3, 0.4) is 0 Å². The van der Waals surface area contributed by atoms with Crippen LogP contribution in [0.25, 0.3) is 5.70 Å². The number of carbonyl (C=O) groups excluding carboxylic acids is 2. The molecule has 1 aliphatic rings. The van der Waals surface area contributed by atoms with E-state index in [1.54, 1.807) is 16.6 Å². The molecule has 1 aromatic heterocycles. The van der Waals surface area contributed by atoms with Crippen LogP contribution in [0.5, 0.6) is 0 Å². The Labute approximate surface area is 163 Å². The fraction of sp³-hybridized carbons (Fsp3) is 0.400. The third kappa shape index (κ3) is 3.43. The molecule has 27 heavy (non-hydrogen) atoms. The average molecular weight is 385 g/mol. The van der Waals surface area contributed by atoms with E-state index < -0.39 is 0 Å². The minimum Gasteiger partial charge on any atom is -0.294 e. The van der Waals surface area contributed by atoms with Gasteiger partial charge in [-0.3, -0.25) is 9.59 Å². The molecule has 7 heteroatoms. The molecule has 3 rings (SSSR count). The summed E-state index contributed by atoms with van der Waals surface area (Å²) in [6, 6.07) is 8.06. The van der Waals surface area contributed by atoms with Gasteiger partial charge < -0.3 is 0 Å². The molecule has 0 aliphatic carbocycles. The zero-order valence-corrected chi connectivity index (χ0v) is 17.1. The molecule has 0 atom stereocenters.